The van der Waals surface area contributed by atoms with Gasteiger partial charge in [-0.1, -0.05) is 11.6 Å². The summed E-state index contributed by atoms with van der Waals surface area (Å²) in [5.41, 5.74) is 6.24. The van der Waals surface area contributed by atoms with Gasteiger partial charge in [0.1, 0.15) is 5.15 Å². The van der Waals surface area contributed by atoms with Crippen LogP contribution in [0.4, 0.5) is 0 Å². The molecule has 5 nitrogen and oxygen atoms in total. The van der Waals surface area contributed by atoms with Crippen molar-refractivity contribution < 1.29 is 4.79 Å². The molecule has 0 bridgehead atoms. The van der Waals surface area contributed by atoms with Crippen LogP contribution in [-0.4, -0.2) is 21.2 Å². The number of aryl methyl sites for hydroxylation is 2. The van der Waals surface area contributed by atoms with E-state index < -0.39 is 11.4 Å². The Kier molecular flexibility index (Phi) is 3.60. The Morgan fingerprint density at radius 2 is 2.19 bits per heavy atom. The van der Waals surface area contributed by atoms with Gasteiger partial charge in [-0.25, -0.2) is 0 Å². The number of rotatable bonds is 4. The van der Waals surface area contributed by atoms with Gasteiger partial charge in [0.15, 0.2) is 0 Å². The molecule has 0 saturated carbocycles. The molecule has 0 aliphatic rings. The van der Waals surface area contributed by atoms with Crippen molar-refractivity contribution in [3.63, 3.8) is 0 Å². The second-order valence-electron chi connectivity index (χ2n) is 4.32. The van der Waals surface area contributed by atoms with Crippen molar-refractivity contribution in [2.75, 3.05) is 0 Å². The molecule has 0 aliphatic carbocycles. The Hall–Kier alpha value is -1.07. The zero-order chi connectivity index (χ0) is 12.5. The third-order valence-corrected chi connectivity index (χ3v) is 3.07. The minimum atomic E-state index is -0.758. The average Bonchev–Trinajstić information content (AvgIpc) is 2.39. The molecule has 6 heteroatoms. The van der Waals surface area contributed by atoms with E-state index in [4.69, 9.17) is 17.3 Å². The molecule has 0 aliphatic heterocycles. The molecule has 0 aromatic carbocycles. The molecule has 0 radical (unpaired) electrons. The average molecular weight is 245 g/mol. The number of hydrogen-bond donors (Lipinski definition) is 2. The lowest BCUT2D eigenvalue weighted by molar-refractivity contribution is -0.123. The first-order chi connectivity index (χ1) is 7.25. The standard InChI is InChI=1S/C10H17ClN4O/c1-6-7(8(11)15(4)14-6)5-13-10(2,3)9(12)16/h13H,5H2,1-4H3,(H2,12,16). The molecule has 0 atom stereocenters. The first kappa shape index (κ1) is 13.0. The lowest BCUT2D eigenvalue weighted by Crippen LogP contribution is -2.50. The highest BCUT2D eigenvalue weighted by Gasteiger charge is 2.25. The van der Waals surface area contributed by atoms with Gasteiger partial charge < -0.3 is 5.73 Å². The van der Waals surface area contributed by atoms with Crippen molar-refractivity contribution in [3.05, 3.63) is 16.4 Å². The number of carbonyl (C=O) groups is 1. The highest BCUT2D eigenvalue weighted by Crippen LogP contribution is 2.19. The smallest absolute Gasteiger partial charge is 0.237 e. The van der Waals surface area contributed by atoms with E-state index in [0.717, 1.165) is 11.3 Å². The molecular formula is C10H17ClN4O. The fourth-order valence-corrected chi connectivity index (χ4v) is 1.51. The molecule has 16 heavy (non-hydrogen) atoms. The second kappa shape index (κ2) is 4.43. The number of nitrogens with zero attached hydrogens (tertiary/aromatic N) is 2. The molecule has 1 amide bonds. The van der Waals surface area contributed by atoms with Crippen molar-refractivity contribution in [1.82, 2.24) is 15.1 Å². The molecule has 0 saturated heterocycles. The number of amides is 1. The lowest BCUT2D eigenvalue weighted by Gasteiger charge is -2.22. The Balaban J connectivity index is 2.79. The summed E-state index contributed by atoms with van der Waals surface area (Å²) in [5.74, 6) is -0.398. The Bertz CT molecular complexity index is 411. The third kappa shape index (κ3) is 2.54. The summed E-state index contributed by atoms with van der Waals surface area (Å²) < 4.78 is 1.60. The number of nitrogens with two attached hydrogens (primary N) is 1. The molecular weight excluding hydrogens is 228 g/mol. The number of primary amides is 1. The maximum absolute atomic E-state index is 11.1. The summed E-state index contributed by atoms with van der Waals surface area (Å²) in [6.45, 7) is 5.80. The highest BCUT2D eigenvalue weighted by atomic mass is 35.5. The molecule has 0 fully saturated rings. The zero-order valence-electron chi connectivity index (χ0n) is 9.97. The monoisotopic (exact) mass is 244 g/mol. The number of carbonyl (C=O) groups excluding carboxylic acids is 1. The van der Waals surface area contributed by atoms with E-state index in [0.29, 0.717) is 11.7 Å². The van der Waals surface area contributed by atoms with Gasteiger partial charge in [-0.2, -0.15) is 5.10 Å². The first-order valence-electron chi connectivity index (χ1n) is 4.98. The summed E-state index contributed by atoms with van der Waals surface area (Å²) in [4.78, 5) is 11.1. The predicted octanol–water partition coefficient (Wildman–Crippen LogP) is 0.735. The van der Waals surface area contributed by atoms with Crippen LogP contribution in [0.1, 0.15) is 25.1 Å². The van der Waals surface area contributed by atoms with Crippen LogP contribution in [0, 0.1) is 6.92 Å². The molecule has 1 heterocycles. The van der Waals surface area contributed by atoms with Gasteiger partial charge in [-0.3, -0.25) is 14.8 Å². The Morgan fingerprint density at radius 1 is 1.62 bits per heavy atom. The molecule has 0 unspecified atom stereocenters. The molecule has 1 aromatic heterocycles. The van der Waals surface area contributed by atoms with Crippen LogP contribution in [0.15, 0.2) is 0 Å². The van der Waals surface area contributed by atoms with Gasteiger partial charge in [-0.15, -0.1) is 0 Å². The summed E-state index contributed by atoms with van der Waals surface area (Å²) in [7, 11) is 1.78. The van der Waals surface area contributed by atoms with Crippen molar-refractivity contribution >= 4 is 17.5 Å². The Morgan fingerprint density at radius 3 is 2.56 bits per heavy atom. The maximum atomic E-state index is 11.1. The van der Waals surface area contributed by atoms with Crippen LogP contribution in [-0.2, 0) is 18.4 Å². The maximum Gasteiger partial charge on any atom is 0.237 e. The van der Waals surface area contributed by atoms with Crippen LogP contribution >= 0.6 is 11.6 Å². The van der Waals surface area contributed by atoms with E-state index in [1.165, 1.54) is 0 Å². The second-order valence-corrected chi connectivity index (χ2v) is 4.68. The molecule has 1 rings (SSSR count). The summed E-state index contributed by atoms with van der Waals surface area (Å²) in [5, 5.41) is 7.82. The summed E-state index contributed by atoms with van der Waals surface area (Å²) in [6, 6.07) is 0. The number of hydrogen-bond acceptors (Lipinski definition) is 3. The largest absolute Gasteiger partial charge is 0.368 e. The molecule has 0 spiro atoms. The quantitative estimate of drug-likeness (QED) is 0.820. The normalized spacial score (nSPS) is 11.8. The fourth-order valence-electron chi connectivity index (χ4n) is 1.27. The van der Waals surface area contributed by atoms with Crippen LogP contribution in [0.3, 0.4) is 0 Å². The Labute approximate surface area is 99.9 Å². The summed E-state index contributed by atoms with van der Waals surface area (Å²) >= 11 is 6.07. The van der Waals surface area contributed by atoms with E-state index in [1.807, 2.05) is 6.92 Å². The van der Waals surface area contributed by atoms with E-state index in [1.54, 1.807) is 25.6 Å². The van der Waals surface area contributed by atoms with Crippen LogP contribution in [0.2, 0.25) is 5.15 Å². The van der Waals surface area contributed by atoms with E-state index >= 15 is 0 Å². The number of aromatic nitrogens is 2. The number of nitrogens with one attached hydrogen (secondary N) is 1. The topological polar surface area (TPSA) is 72.9 Å². The molecule has 90 valence electrons. The zero-order valence-corrected chi connectivity index (χ0v) is 10.7. The van der Waals surface area contributed by atoms with Crippen LogP contribution in [0.25, 0.3) is 0 Å². The van der Waals surface area contributed by atoms with Gasteiger partial charge in [0.2, 0.25) is 5.91 Å². The van der Waals surface area contributed by atoms with E-state index in [9.17, 15) is 4.79 Å². The van der Waals surface area contributed by atoms with E-state index in [-0.39, 0.29) is 0 Å². The minimum Gasteiger partial charge on any atom is -0.368 e. The molecule has 1 aromatic rings. The summed E-state index contributed by atoms with van der Waals surface area (Å²) in [6.07, 6.45) is 0. The van der Waals surface area contributed by atoms with Gasteiger partial charge in [-0.05, 0) is 20.8 Å². The lowest BCUT2D eigenvalue weighted by atomic mass is 10.0. The minimum absolute atomic E-state index is 0.398. The SMILES string of the molecule is Cc1nn(C)c(Cl)c1CNC(C)(C)C(N)=O. The van der Waals surface area contributed by atoms with Gasteiger partial charge in [0.05, 0.1) is 11.2 Å². The van der Waals surface area contributed by atoms with Crippen LogP contribution in [0.5, 0.6) is 0 Å². The van der Waals surface area contributed by atoms with Crippen molar-refractivity contribution in [1.29, 1.82) is 0 Å². The van der Waals surface area contributed by atoms with Crippen molar-refractivity contribution in [2.24, 2.45) is 12.8 Å². The van der Waals surface area contributed by atoms with E-state index in [2.05, 4.69) is 10.4 Å². The number of halogens is 1. The van der Waals surface area contributed by atoms with Crippen molar-refractivity contribution in [2.45, 2.75) is 32.9 Å². The van der Waals surface area contributed by atoms with Gasteiger partial charge in [0.25, 0.3) is 0 Å². The predicted molar refractivity (Wildman–Crippen MR) is 63.1 cm³/mol. The highest BCUT2D eigenvalue weighted by molar-refractivity contribution is 6.30. The van der Waals surface area contributed by atoms with Crippen molar-refractivity contribution in [3.8, 4) is 0 Å². The third-order valence-electron chi connectivity index (χ3n) is 2.59. The van der Waals surface area contributed by atoms with Gasteiger partial charge in [0, 0.05) is 19.2 Å². The van der Waals surface area contributed by atoms with Crippen LogP contribution < -0.4 is 11.1 Å². The van der Waals surface area contributed by atoms with Gasteiger partial charge >= 0.3 is 0 Å². The fraction of sp³-hybridized carbons (Fsp3) is 0.600. The first-order valence-corrected chi connectivity index (χ1v) is 5.36. The molecule has 3 N–H and O–H groups in total.